The van der Waals surface area contributed by atoms with Gasteiger partial charge in [0.15, 0.2) is 0 Å². The van der Waals surface area contributed by atoms with Crippen molar-refractivity contribution in [3.63, 3.8) is 0 Å². The molecule has 110 valence electrons. The summed E-state index contributed by atoms with van der Waals surface area (Å²) in [6.07, 6.45) is 3.69. The molecule has 1 aromatic heterocycles. The lowest BCUT2D eigenvalue weighted by molar-refractivity contribution is -0.394. The van der Waals surface area contributed by atoms with Crippen molar-refractivity contribution in [2.75, 3.05) is 7.05 Å². The second kappa shape index (κ2) is 6.14. The molecule has 0 amide bonds. The lowest BCUT2D eigenvalue weighted by atomic mass is 10.1. The van der Waals surface area contributed by atoms with Crippen molar-refractivity contribution < 1.29 is 9.85 Å². The van der Waals surface area contributed by atoms with Crippen LogP contribution in [0, 0.1) is 20.2 Å². The van der Waals surface area contributed by atoms with E-state index in [4.69, 9.17) is 0 Å². The molecule has 0 saturated carbocycles. The summed E-state index contributed by atoms with van der Waals surface area (Å²) in [4.78, 5) is 20.5. The van der Waals surface area contributed by atoms with Crippen LogP contribution < -0.4 is 5.32 Å². The van der Waals surface area contributed by atoms with E-state index in [0.717, 1.165) is 11.6 Å². The summed E-state index contributed by atoms with van der Waals surface area (Å²) in [6.45, 7) is 0.993. The minimum atomic E-state index is -0.641. The fourth-order valence-electron chi connectivity index (χ4n) is 2.06. The van der Waals surface area contributed by atoms with E-state index in [0.29, 0.717) is 12.1 Å². The summed E-state index contributed by atoms with van der Waals surface area (Å²) in [7, 11) is 1.83. The molecule has 2 aromatic rings. The van der Waals surface area contributed by atoms with Crippen LogP contribution in [0.15, 0.2) is 36.7 Å². The maximum absolute atomic E-state index is 11.1. The predicted octanol–water partition coefficient (Wildman–Crippen LogP) is 2.07. The van der Waals surface area contributed by atoms with E-state index in [-0.39, 0.29) is 17.9 Å². The number of nitro benzene ring substituents is 2. The second-order valence-corrected chi connectivity index (χ2v) is 4.55. The molecule has 8 nitrogen and oxygen atoms in total. The molecule has 0 aliphatic heterocycles. The smallest absolute Gasteiger partial charge is 0.281 e. The van der Waals surface area contributed by atoms with Crippen LogP contribution in [0.3, 0.4) is 0 Å². The number of hydrogen-bond acceptors (Lipinski definition) is 5. The zero-order valence-electron chi connectivity index (χ0n) is 11.4. The number of rotatable bonds is 6. The van der Waals surface area contributed by atoms with Crippen molar-refractivity contribution in [1.82, 2.24) is 9.88 Å². The molecule has 0 bridgehead atoms. The minimum absolute atomic E-state index is 0.243. The molecule has 0 atom stereocenters. The Morgan fingerprint density at radius 2 is 1.95 bits per heavy atom. The Morgan fingerprint density at radius 3 is 2.57 bits per heavy atom. The molecule has 8 heteroatoms. The Labute approximate surface area is 120 Å². The van der Waals surface area contributed by atoms with Gasteiger partial charge in [-0.25, -0.2) is 0 Å². The van der Waals surface area contributed by atoms with E-state index < -0.39 is 9.85 Å². The molecule has 21 heavy (non-hydrogen) atoms. The van der Waals surface area contributed by atoms with Crippen LogP contribution in [0.25, 0.3) is 0 Å². The van der Waals surface area contributed by atoms with Gasteiger partial charge < -0.3 is 9.88 Å². The molecule has 0 saturated heterocycles. The Kier molecular flexibility index (Phi) is 4.29. The van der Waals surface area contributed by atoms with Crippen molar-refractivity contribution in [1.29, 1.82) is 0 Å². The van der Waals surface area contributed by atoms with Gasteiger partial charge in [-0.15, -0.1) is 0 Å². The third kappa shape index (κ3) is 3.42. The fraction of sp³-hybridized carbons (Fsp3) is 0.231. The van der Waals surface area contributed by atoms with E-state index in [1.54, 1.807) is 4.57 Å². The lowest BCUT2D eigenvalue weighted by Crippen LogP contribution is -2.05. The van der Waals surface area contributed by atoms with Crippen LogP contribution in [0.5, 0.6) is 0 Å². The highest BCUT2D eigenvalue weighted by Crippen LogP contribution is 2.25. The van der Waals surface area contributed by atoms with Crippen LogP contribution in [0.2, 0.25) is 0 Å². The number of nitrogens with one attached hydrogen (secondary N) is 1. The van der Waals surface area contributed by atoms with Crippen molar-refractivity contribution in [3.8, 4) is 0 Å². The summed E-state index contributed by atoms with van der Waals surface area (Å²) in [5, 5.41) is 24.8. The Balaban J connectivity index is 2.29. The topological polar surface area (TPSA) is 103 Å². The van der Waals surface area contributed by atoms with Gasteiger partial charge in [0.1, 0.15) is 0 Å². The SMILES string of the molecule is CNCc1ccn(Cc2ccc([N+](=O)[O-])cc2[N+](=O)[O-])c1. The van der Waals surface area contributed by atoms with Gasteiger partial charge >= 0.3 is 0 Å². The van der Waals surface area contributed by atoms with Gasteiger partial charge in [-0.05, 0) is 24.7 Å². The summed E-state index contributed by atoms with van der Waals surface area (Å²) >= 11 is 0. The normalized spacial score (nSPS) is 10.5. The van der Waals surface area contributed by atoms with Crippen LogP contribution >= 0.6 is 0 Å². The zero-order valence-corrected chi connectivity index (χ0v) is 11.4. The highest BCUT2D eigenvalue weighted by molar-refractivity contribution is 5.49. The Bertz CT molecular complexity index is 681. The third-order valence-electron chi connectivity index (χ3n) is 3.02. The van der Waals surface area contributed by atoms with Gasteiger partial charge in [0, 0.05) is 30.6 Å². The Hall–Kier alpha value is -2.74. The molecular weight excluding hydrogens is 276 g/mol. The van der Waals surface area contributed by atoms with Crippen LogP contribution in [0.4, 0.5) is 11.4 Å². The largest absolute Gasteiger partial charge is 0.349 e. The van der Waals surface area contributed by atoms with Crippen molar-refractivity contribution in [3.05, 3.63) is 68.0 Å². The van der Waals surface area contributed by atoms with E-state index in [2.05, 4.69) is 5.32 Å². The van der Waals surface area contributed by atoms with Crippen LogP contribution in [-0.4, -0.2) is 21.5 Å². The number of benzene rings is 1. The average Bonchev–Trinajstić information content (AvgIpc) is 2.86. The first-order chi connectivity index (χ1) is 10.0. The number of nitro groups is 2. The van der Waals surface area contributed by atoms with Crippen molar-refractivity contribution in [2.24, 2.45) is 0 Å². The summed E-state index contributed by atoms with van der Waals surface area (Å²) in [5.41, 5.74) is 0.959. The molecule has 0 spiro atoms. The monoisotopic (exact) mass is 290 g/mol. The van der Waals surface area contributed by atoms with Crippen molar-refractivity contribution in [2.45, 2.75) is 13.1 Å². The molecular formula is C13H14N4O4. The van der Waals surface area contributed by atoms with E-state index >= 15 is 0 Å². The number of non-ortho nitro benzene ring substituents is 1. The summed E-state index contributed by atoms with van der Waals surface area (Å²) in [5.74, 6) is 0. The third-order valence-corrected chi connectivity index (χ3v) is 3.02. The average molecular weight is 290 g/mol. The first-order valence-corrected chi connectivity index (χ1v) is 6.22. The first kappa shape index (κ1) is 14.7. The quantitative estimate of drug-likeness (QED) is 0.648. The minimum Gasteiger partial charge on any atom is -0.349 e. The molecule has 2 rings (SSSR count). The highest BCUT2D eigenvalue weighted by Gasteiger charge is 2.19. The molecule has 1 aromatic carbocycles. The van der Waals surface area contributed by atoms with Crippen molar-refractivity contribution >= 4 is 11.4 Å². The lowest BCUT2D eigenvalue weighted by Gasteiger charge is -2.04. The molecule has 1 heterocycles. The fourth-order valence-corrected chi connectivity index (χ4v) is 2.06. The maximum atomic E-state index is 11.1. The van der Waals surface area contributed by atoms with Gasteiger partial charge in [0.2, 0.25) is 0 Å². The Morgan fingerprint density at radius 1 is 1.19 bits per heavy atom. The van der Waals surface area contributed by atoms with Gasteiger partial charge in [0.05, 0.1) is 22.5 Å². The molecule has 0 unspecified atom stereocenters. The summed E-state index contributed by atoms with van der Waals surface area (Å²) in [6, 6.07) is 5.61. The molecule has 0 radical (unpaired) electrons. The van der Waals surface area contributed by atoms with E-state index in [1.165, 1.54) is 12.1 Å². The van der Waals surface area contributed by atoms with Gasteiger partial charge in [-0.3, -0.25) is 20.2 Å². The van der Waals surface area contributed by atoms with E-state index in [9.17, 15) is 20.2 Å². The zero-order chi connectivity index (χ0) is 15.4. The van der Waals surface area contributed by atoms with Crippen LogP contribution in [-0.2, 0) is 13.1 Å². The van der Waals surface area contributed by atoms with Gasteiger partial charge in [-0.2, -0.15) is 0 Å². The molecule has 1 N–H and O–H groups in total. The molecule has 0 aliphatic carbocycles. The number of aromatic nitrogens is 1. The standard InChI is InChI=1S/C13H14N4O4/c1-14-7-10-4-5-15(8-10)9-11-2-3-12(16(18)19)6-13(11)17(20)21/h2-6,8,14H,7,9H2,1H3. The van der Waals surface area contributed by atoms with E-state index in [1.807, 2.05) is 25.5 Å². The van der Waals surface area contributed by atoms with Gasteiger partial charge in [-0.1, -0.05) is 0 Å². The van der Waals surface area contributed by atoms with Crippen LogP contribution in [0.1, 0.15) is 11.1 Å². The molecule has 0 aliphatic rings. The molecule has 0 fully saturated rings. The predicted molar refractivity (Wildman–Crippen MR) is 76.0 cm³/mol. The first-order valence-electron chi connectivity index (χ1n) is 6.22. The van der Waals surface area contributed by atoms with Gasteiger partial charge in [0.25, 0.3) is 11.4 Å². The second-order valence-electron chi connectivity index (χ2n) is 4.55. The summed E-state index contributed by atoms with van der Waals surface area (Å²) < 4.78 is 1.81. The maximum Gasteiger partial charge on any atom is 0.281 e. The highest BCUT2D eigenvalue weighted by atomic mass is 16.6. The number of hydrogen-bond donors (Lipinski definition) is 1. The number of nitrogens with zero attached hydrogens (tertiary/aromatic N) is 3.